The molecule has 0 amide bonds. The third-order valence-corrected chi connectivity index (χ3v) is 5.12. The number of likely N-dealkylation sites (tertiary alicyclic amines) is 1. The number of nitrogens with two attached hydrogens (primary N) is 1. The number of fused-ring (bicyclic) bond motifs is 1. The van der Waals surface area contributed by atoms with Crippen LogP contribution in [0.1, 0.15) is 30.0 Å². The van der Waals surface area contributed by atoms with Gasteiger partial charge in [-0.05, 0) is 44.6 Å². The van der Waals surface area contributed by atoms with Gasteiger partial charge in [-0.2, -0.15) is 0 Å². The highest BCUT2D eigenvalue weighted by molar-refractivity contribution is 5.51. The van der Waals surface area contributed by atoms with Crippen LogP contribution in [0.15, 0.2) is 12.1 Å². The highest BCUT2D eigenvalue weighted by atomic mass is 16.5. The van der Waals surface area contributed by atoms with E-state index >= 15 is 0 Å². The van der Waals surface area contributed by atoms with Gasteiger partial charge >= 0.3 is 0 Å². The zero-order valence-electron chi connectivity index (χ0n) is 13.8. The molecule has 1 atom stereocenters. The number of methoxy groups -OCH3 is 2. The van der Waals surface area contributed by atoms with Crippen LogP contribution in [-0.2, 0) is 6.54 Å². The van der Waals surface area contributed by atoms with Crippen molar-refractivity contribution in [3.05, 3.63) is 23.3 Å². The normalized spacial score (nSPS) is 23.5. The van der Waals surface area contributed by atoms with Crippen LogP contribution in [0, 0.1) is 0 Å². The van der Waals surface area contributed by atoms with Gasteiger partial charge in [-0.3, -0.25) is 4.90 Å². The van der Waals surface area contributed by atoms with E-state index in [1.54, 1.807) is 14.2 Å². The van der Waals surface area contributed by atoms with Crippen LogP contribution in [0.4, 0.5) is 0 Å². The summed E-state index contributed by atoms with van der Waals surface area (Å²) < 4.78 is 11.0. The maximum Gasteiger partial charge on any atom is 0.127 e. The molecule has 5 heteroatoms. The topological polar surface area (TPSA) is 51.0 Å². The van der Waals surface area contributed by atoms with Crippen molar-refractivity contribution in [1.82, 2.24) is 9.80 Å². The largest absolute Gasteiger partial charge is 0.497 e. The van der Waals surface area contributed by atoms with Crippen LogP contribution in [0.5, 0.6) is 11.5 Å². The average molecular weight is 305 g/mol. The van der Waals surface area contributed by atoms with E-state index < -0.39 is 0 Å². The molecule has 0 saturated carbocycles. The van der Waals surface area contributed by atoms with Crippen molar-refractivity contribution in [2.24, 2.45) is 5.73 Å². The lowest BCUT2D eigenvalue weighted by Crippen LogP contribution is -2.44. The van der Waals surface area contributed by atoms with Crippen molar-refractivity contribution in [2.45, 2.75) is 31.5 Å². The second-order valence-corrected chi connectivity index (χ2v) is 6.36. The fourth-order valence-electron chi connectivity index (χ4n) is 3.89. The lowest BCUT2D eigenvalue weighted by atomic mass is 10.00. The molecule has 2 N–H and O–H groups in total. The molecule has 2 aliphatic heterocycles. The minimum atomic E-state index is 0.254. The van der Waals surface area contributed by atoms with Gasteiger partial charge in [-0.25, -0.2) is 0 Å². The molecule has 1 saturated heterocycles. The molecule has 1 aromatic rings. The maximum atomic E-state index is 6.13. The van der Waals surface area contributed by atoms with Gasteiger partial charge in [0.1, 0.15) is 11.5 Å². The first-order chi connectivity index (χ1) is 10.7. The van der Waals surface area contributed by atoms with E-state index in [0.717, 1.165) is 31.1 Å². The Bertz CT molecular complexity index is 527. The van der Waals surface area contributed by atoms with Gasteiger partial charge in [0, 0.05) is 30.8 Å². The van der Waals surface area contributed by atoms with Crippen molar-refractivity contribution in [2.75, 3.05) is 40.9 Å². The fraction of sp³-hybridized carbons (Fsp3) is 0.647. The van der Waals surface area contributed by atoms with E-state index in [-0.39, 0.29) is 6.04 Å². The molecule has 0 bridgehead atoms. The first-order valence-corrected chi connectivity index (χ1v) is 8.07. The van der Waals surface area contributed by atoms with Gasteiger partial charge in [0.15, 0.2) is 0 Å². The number of hydrogen-bond donors (Lipinski definition) is 1. The standard InChI is InChI=1S/C17H27N3O2/c1-19-6-4-13(5-7-19)20-11-12-8-14(21-2)9-16(22-3)17(12)15(20)10-18/h8-9,13,15H,4-7,10-11,18H2,1-3H3. The molecule has 2 heterocycles. The number of piperidine rings is 1. The molecule has 1 fully saturated rings. The van der Waals surface area contributed by atoms with E-state index in [1.165, 1.54) is 24.0 Å². The quantitative estimate of drug-likeness (QED) is 0.916. The first-order valence-electron chi connectivity index (χ1n) is 8.07. The predicted molar refractivity (Wildman–Crippen MR) is 87.4 cm³/mol. The van der Waals surface area contributed by atoms with E-state index in [1.807, 2.05) is 6.07 Å². The summed E-state index contributed by atoms with van der Waals surface area (Å²) in [6.45, 7) is 3.89. The van der Waals surface area contributed by atoms with E-state index in [0.29, 0.717) is 12.6 Å². The minimum absolute atomic E-state index is 0.254. The van der Waals surface area contributed by atoms with Gasteiger partial charge in [-0.1, -0.05) is 0 Å². The van der Waals surface area contributed by atoms with Gasteiger partial charge in [0.25, 0.3) is 0 Å². The molecule has 22 heavy (non-hydrogen) atoms. The second-order valence-electron chi connectivity index (χ2n) is 6.36. The Morgan fingerprint density at radius 1 is 1.18 bits per heavy atom. The Morgan fingerprint density at radius 3 is 2.50 bits per heavy atom. The summed E-state index contributed by atoms with van der Waals surface area (Å²) in [7, 11) is 5.62. The molecule has 0 spiro atoms. The molecule has 122 valence electrons. The number of rotatable bonds is 4. The number of hydrogen-bond acceptors (Lipinski definition) is 5. The molecule has 0 aliphatic carbocycles. The predicted octanol–water partition coefficient (Wildman–Crippen LogP) is 1.61. The third kappa shape index (κ3) is 2.69. The minimum Gasteiger partial charge on any atom is -0.497 e. The third-order valence-electron chi connectivity index (χ3n) is 5.12. The van der Waals surface area contributed by atoms with Crippen LogP contribution < -0.4 is 15.2 Å². The Hall–Kier alpha value is -1.30. The van der Waals surface area contributed by atoms with Crippen molar-refractivity contribution in [1.29, 1.82) is 0 Å². The molecule has 1 unspecified atom stereocenters. The van der Waals surface area contributed by atoms with E-state index in [9.17, 15) is 0 Å². The zero-order valence-corrected chi connectivity index (χ0v) is 13.8. The van der Waals surface area contributed by atoms with Crippen LogP contribution in [-0.4, -0.2) is 56.7 Å². The Kier molecular flexibility index (Phi) is 4.57. The summed E-state index contributed by atoms with van der Waals surface area (Å²) in [6.07, 6.45) is 2.42. The molecule has 3 rings (SSSR count). The van der Waals surface area contributed by atoms with Crippen molar-refractivity contribution >= 4 is 0 Å². The van der Waals surface area contributed by atoms with E-state index in [4.69, 9.17) is 15.2 Å². The molecular weight excluding hydrogens is 278 g/mol. The van der Waals surface area contributed by atoms with Crippen LogP contribution in [0.2, 0.25) is 0 Å². The summed E-state index contributed by atoms with van der Waals surface area (Å²) in [6, 6.07) is 4.96. The molecule has 2 aliphatic rings. The van der Waals surface area contributed by atoms with E-state index in [2.05, 4.69) is 22.9 Å². The summed E-state index contributed by atoms with van der Waals surface area (Å²) in [4.78, 5) is 4.97. The first kappa shape index (κ1) is 15.6. The van der Waals surface area contributed by atoms with Crippen molar-refractivity contribution in [3.8, 4) is 11.5 Å². The van der Waals surface area contributed by atoms with Crippen molar-refractivity contribution < 1.29 is 9.47 Å². The highest BCUT2D eigenvalue weighted by Gasteiger charge is 2.37. The molecular formula is C17H27N3O2. The van der Waals surface area contributed by atoms with Gasteiger partial charge < -0.3 is 20.1 Å². The number of ether oxygens (including phenoxy) is 2. The smallest absolute Gasteiger partial charge is 0.127 e. The summed E-state index contributed by atoms with van der Waals surface area (Å²) in [5, 5.41) is 0. The Labute approximate surface area is 133 Å². The number of benzene rings is 1. The molecule has 5 nitrogen and oxygen atoms in total. The molecule has 0 aromatic heterocycles. The lowest BCUT2D eigenvalue weighted by Gasteiger charge is -2.38. The van der Waals surface area contributed by atoms with Gasteiger partial charge in [-0.15, -0.1) is 0 Å². The van der Waals surface area contributed by atoms with Crippen LogP contribution >= 0.6 is 0 Å². The fourth-order valence-corrected chi connectivity index (χ4v) is 3.89. The molecule has 1 aromatic carbocycles. The zero-order chi connectivity index (χ0) is 15.7. The SMILES string of the molecule is COc1cc2c(c(OC)c1)C(CN)N(C1CCN(C)CC1)C2. The lowest BCUT2D eigenvalue weighted by molar-refractivity contribution is 0.0902. The Morgan fingerprint density at radius 2 is 1.91 bits per heavy atom. The average Bonchev–Trinajstić information content (AvgIpc) is 2.92. The van der Waals surface area contributed by atoms with Gasteiger partial charge in [0.05, 0.1) is 20.3 Å². The maximum absolute atomic E-state index is 6.13. The number of nitrogens with zero attached hydrogens (tertiary/aromatic N) is 2. The van der Waals surface area contributed by atoms with Crippen LogP contribution in [0.3, 0.4) is 0 Å². The molecule has 0 radical (unpaired) electrons. The summed E-state index contributed by atoms with van der Waals surface area (Å²) in [5.74, 6) is 1.76. The van der Waals surface area contributed by atoms with Gasteiger partial charge in [0.2, 0.25) is 0 Å². The second kappa shape index (κ2) is 6.44. The highest BCUT2D eigenvalue weighted by Crippen LogP contribution is 2.43. The Balaban J connectivity index is 1.90. The van der Waals surface area contributed by atoms with Crippen LogP contribution in [0.25, 0.3) is 0 Å². The summed E-state index contributed by atoms with van der Waals surface area (Å²) in [5.41, 5.74) is 8.68. The van der Waals surface area contributed by atoms with Crippen molar-refractivity contribution in [3.63, 3.8) is 0 Å². The monoisotopic (exact) mass is 305 g/mol. The summed E-state index contributed by atoms with van der Waals surface area (Å²) >= 11 is 0.